The lowest BCUT2D eigenvalue weighted by Crippen LogP contribution is -2.38. The average Bonchev–Trinajstić information content (AvgIpc) is 2.23. The lowest BCUT2D eigenvalue weighted by Gasteiger charge is -2.23. The molecule has 3 N–H and O–H groups in total. The Morgan fingerprint density at radius 2 is 1.85 bits per heavy atom. The topological polar surface area (TPSA) is 98.0 Å². The highest BCUT2D eigenvalue weighted by molar-refractivity contribution is 7.92. The van der Waals surface area contributed by atoms with Crippen LogP contribution in [0.2, 0.25) is 0 Å². The first-order valence-corrected chi connectivity index (χ1v) is 7.37. The van der Waals surface area contributed by atoms with Gasteiger partial charge < -0.3 is 11.1 Å². The van der Waals surface area contributed by atoms with Gasteiger partial charge in [0.05, 0.1) is 4.75 Å². The van der Waals surface area contributed by atoms with Crippen molar-refractivity contribution in [1.29, 1.82) is 0 Å². The Labute approximate surface area is 114 Å². The van der Waals surface area contributed by atoms with Crippen LogP contribution in [-0.4, -0.2) is 35.9 Å². The predicted molar refractivity (Wildman–Crippen MR) is 68.9 cm³/mol. The van der Waals surface area contributed by atoms with E-state index in [9.17, 15) is 21.6 Å². The van der Waals surface area contributed by atoms with Crippen LogP contribution in [0.4, 0.5) is 24.8 Å². The molecule has 0 radical (unpaired) electrons. The zero-order valence-corrected chi connectivity index (χ0v) is 11.9. The van der Waals surface area contributed by atoms with Crippen molar-refractivity contribution in [2.45, 2.75) is 24.8 Å². The van der Waals surface area contributed by atoms with Crippen molar-refractivity contribution in [3.8, 4) is 0 Å². The van der Waals surface area contributed by atoms with E-state index in [1.165, 1.54) is 13.8 Å². The Morgan fingerprint density at radius 3 is 2.30 bits per heavy atom. The lowest BCUT2D eigenvalue weighted by molar-refractivity contribution is -0.144. The fourth-order valence-electron chi connectivity index (χ4n) is 1.12. The summed E-state index contributed by atoms with van der Waals surface area (Å²) in [5.74, 6) is -1.91. The van der Waals surface area contributed by atoms with Crippen molar-refractivity contribution >= 4 is 21.5 Å². The highest BCUT2D eigenvalue weighted by atomic mass is 32.2. The molecule has 20 heavy (non-hydrogen) atoms. The van der Waals surface area contributed by atoms with Gasteiger partial charge in [-0.1, -0.05) is 0 Å². The van der Waals surface area contributed by atoms with Crippen molar-refractivity contribution in [2.75, 3.05) is 23.9 Å². The third-order valence-corrected chi connectivity index (χ3v) is 4.85. The number of sulfone groups is 1. The summed E-state index contributed by atoms with van der Waals surface area (Å²) in [6.07, 6.45) is -3.68. The molecule has 1 heterocycles. The Balaban J connectivity index is 2.98. The third-order valence-electron chi connectivity index (χ3n) is 2.70. The quantitative estimate of drug-likeness (QED) is 0.870. The van der Waals surface area contributed by atoms with E-state index in [0.717, 1.165) is 12.3 Å². The molecule has 1 aromatic rings. The van der Waals surface area contributed by atoms with Gasteiger partial charge >= 0.3 is 6.18 Å². The number of anilines is 2. The second-order valence-corrected chi connectivity index (χ2v) is 7.53. The van der Waals surface area contributed by atoms with Gasteiger partial charge in [0.25, 0.3) is 0 Å². The van der Waals surface area contributed by atoms with E-state index in [4.69, 9.17) is 5.73 Å². The van der Waals surface area contributed by atoms with Crippen LogP contribution in [0.1, 0.15) is 19.7 Å². The third kappa shape index (κ3) is 3.95. The van der Waals surface area contributed by atoms with E-state index in [0.29, 0.717) is 0 Å². The van der Waals surface area contributed by atoms with Gasteiger partial charge in [0.15, 0.2) is 9.84 Å². The van der Waals surface area contributed by atoms with E-state index in [1.54, 1.807) is 0 Å². The Bertz CT molecular complexity index is 599. The maximum Gasteiger partial charge on any atom is 0.451 e. The van der Waals surface area contributed by atoms with E-state index >= 15 is 0 Å². The first-order chi connectivity index (χ1) is 8.83. The molecular weight excluding hydrogens is 297 g/mol. The van der Waals surface area contributed by atoms with Gasteiger partial charge in [-0.3, -0.25) is 0 Å². The summed E-state index contributed by atoms with van der Waals surface area (Å²) in [6.45, 7) is 2.79. The summed E-state index contributed by atoms with van der Waals surface area (Å²) in [5, 5.41) is 2.53. The van der Waals surface area contributed by atoms with Crippen LogP contribution in [-0.2, 0) is 16.0 Å². The van der Waals surface area contributed by atoms with Crippen LogP contribution in [0.3, 0.4) is 0 Å². The molecule has 0 saturated carbocycles. The van der Waals surface area contributed by atoms with E-state index in [1.807, 2.05) is 0 Å². The van der Waals surface area contributed by atoms with Crippen LogP contribution >= 0.6 is 0 Å². The second kappa shape index (κ2) is 5.08. The minimum atomic E-state index is -4.72. The van der Waals surface area contributed by atoms with Gasteiger partial charge in [0, 0.05) is 18.9 Å². The maximum absolute atomic E-state index is 12.5. The molecule has 0 aromatic carbocycles. The van der Waals surface area contributed by atoms with Crippen LogP contribution in [0.25, 0.3) is 0 Å². The fraction of sp³-hybridized carbons (Fsp3) is 0.600. The number of nitrogens with zero attached hydrogens (tertiary/aromatic N) is 2. The molecule has 0 unspecified atom stereocenters. The molecule has 0 aliphatic carbocycles. The SMILES string of the molecule is CC(C)(CNc1cc(N)nc(C(F)(F)F)n1)S(C)(=O)=O. The van der Waals surface area contributed by atoms with Gasteiger partial charge in [0.1, 0.15) is 11.6 Å². The number of aromatic nitrogens is 2. The fourth-order valence-corrected chi connectivity index (χ4v) is 1.45. The van der Waals surface area contributed by atoms with E-state index < -0.39 is 26.6 Å². The summed E-state index contributed by atoms with van der Waals surface area (Å²) in [4.78, 5) is 6.35. The summed E-state index contributed by atoms with van der Waals surface area (Å²) >= 11 is 0. The first-order valence-electron chi connectivity index (χ1n) is 5.48. The van der Waals surface area contributed by atoms with Crippen LogP contribution in [0, 0.1) is 0 Å². The molecule has 6 nitrogen and oxygen atoms in total. The number of rotatable bonds is 4. The monoisotopic (exact) mass is 312 g/mol. The van der Waals surface area contributed by atoms with Crippen molar-refractivity contribution in [3.63, 3.8) is 0 Å². The Kier molecular flexibility index (Phi) is 4.18. The van der Waals surface area contributed by atoms with Crippen molar-refractivity contribution in [1.82, 2.24) is 9.97 Å². The normalized spacial score (nSPS) is 13.3. The number of nitrogens with two attached hydrogens (primary N) is 1. The average molecular weight is 312 g/mol. The summed E-state index contributed by atoms with van der Waals surface area (Å²) in [5.41, 5.74) is 5.27. The first kappa shape index (κ1) is 16.5. The molecule has 0 spiro atoms. The highest BCUT2D eigenvalue weighted by Gasteiger charge is 2.36. The molecule has 0 amide bonds. The number of alkyl halides is 3. The molecule has 1 aromatic heterocycles. The number of hydrogen-bond donors (Lipinski definition) is 2. The minimum Gasteiger partial charge on any atom is -0.384 e. The molecule has 0 fully saturated rings. The minimum absolute atomic E-state index is 0.112. The standard InChI is InChI=1S/C10H15F3N4O2S/c1-9(2,20(3,18)19)5-15-7-4-6(14)16-8(17-7)10(11,12)13/h4H,5H2,1-3H3,(H3,14,15,16,17). The smallest absolute Gasteiger partial charge is 0.384 e. The largest absolute Gasteiger partial charge is 0.451 e. The summed E-state index contributed by atoms with van der Waals surface area (Å²) < 4.78 is 59.3. The van der Waals surface area contributed by atoms with E-state index in [-0.39, 0.29) is 18.2 Å². The zero-order chi connectivity index (χ0) is 15.8. The Hall–Kier alpha value is -1.58. The maximum atomic E-state index is 12.5. The van der Waals surface area contributed by atoms with Gasteiger partial charge in [-0.2, -0.15) is 13.2 Å². The molecule has 0 aliphatic rings. The molecule has 0 bridgehead atoms. The molecule has 10 heteroatoms. The van der Waals surface area contributed by atoms with E-state index in [2.05, 4.69) is 15.3 Å². The van der Waals surface area contributed by atoms with Crippen LogP contribution in [0.15, 0.2) is 6.07 Å². The number of nitrogen functional groups attached to an aromatic ring is 1. The Morgan fingerprint density at radius 1 is 1.30 bits per heavy atom. The number of hydrogen-bond acceptors (Lipinski definition) is 6. The van der Waals surface area contributed by atoms with Crippen molar-refractivity contribution < 1.29 is 21.6 Å². The van der Waals surface area contributed by atoms with Crippen LogP contribution in [0.5, 0.6) is 0 Å². The molecule has 0 atom stereocenters. The zero-order valence-electron chi connectivity index (χ0n) is 11.1. The van der Waals surface area contributed by atoms with Crippen molar-refractivity contribution in [3.05, 3.63) is 11.9 Å². The predicted octanol–water partition coefficient (Wildman–Crippen LogP) is 1.31. The van der Waals surface area contributed by atoms with Gasteiger partial charge in [-0.25, -0.2) is 18.4 Å². The molecule has 0 saturated heterocycles. The molecule has 1 rings (SSSR count). The summed E-state index contributed by atoms with van der Waals surface area (Å²) in [6, 6.07) is 1.10. The summed E-state index contributed by atoms with van der Waals surface area (Å²) in [7, 11) is -3.38. The molecule has 114 valence electrons. The second-order valence-electron chi connectivity index (χ2n) is 4.88. The van der Waals surface area contributed by atoms with Gasteiger partial charge in [-0.15, -0.1) is 0 Å². The highest BCUT2D eigenvalue weighted by Crippen LogP contribution is 2.28. The lowest BCUT2D eigenvalue weighted by atomic mass is 10.2. The molecular formula is C10H15F3N4O2S. The number of halogens is 3. The van der Waals surface area contributed by atoms with Crippen molar-refractivity contribution in [2.24, 2.45) is 0 Å². The van der Waals surface area contributed by atoms with Gasteiger partial charge in [-0.05, 0) is 13.8 Å². The van der Waals surface area contributed by atoms with Crippen LogP contribution < -0.4 is 11.1 Å². The molecule has 0 aliphatic heterocycles. The van der Waals surface area contributed by atoms with Gasteiger partial charge in [0.2, 0.25) is 5.82 Å². The number of nitrogens with one attached hydrogen (secondary N) is 1.